The Labute approximate surface area is 110 Å². The Bertz CT molecular complexity index is 607. The van der Waals surface area contributed by atoms with Crippen molar-refractivity contribution in [3.8, 4) is 0 Å². The average molecular weight is 257 g/mol. The number of hydrogen-bond donors (Lipinski definition) is 2. The van der Waals surface area contributed by atoms with Crippen LogP contribution < -0.4 is 11.3 Å². The number of aromatic nitrogens is 2. The lowest BCUT2D eigenvalue weighted by Crippen LogP contribution is -2.38. The summed E-state index contributed by atoms with van der Waals surface area (Å²) in [5.41, 5.74) is 3.79. The van der Waals surface area contributed by atoms with Crippen LogP contribution in [0.5, 0.6) is 0 Å². The number of nitrogens with two attached hydrogens (primary N) is 1. The molecule has 0 unspecified atom stereocenters. The van der Waals surface area contributed by atoms with Crippen molar-refractivity contribution < 1.29 is 4.79 Å². The number of nitrogens with one attached hydrogen (secondary N) is 1. The molecule has 0 spiro atoms. The first-order valence-electron chi connectivity index (χ1n) is 6.14. The highest BCUT2D eigenvalue weighted by Crippen LogP contribution is 2.19. The third-order valence-corrected chi connectivity index (χ3v) is 3.34. The normalized spacial score (nSPS) is 14.1. The van der Waals surface area contributed by atoms with Crippen LogP contribution in [-0.4, -0.2) is 26.9 Å². The van der Waals surface area contributed by atoms with Crippen LogP contribution in [0, 0.1) is 0 Å². The predicted octanol–water partition coefficient (Wildman–Crippen LogP) is 0.825. The minimum Gasteiger partial charge on any atom is -0.332 e. The number of nitrogen functional groups attached to an aromatic ring is 1. The summed E-state index contributed by atoms with van der Waals surface area (Å²) in [6, 6.07) is 7.24. The van der Waals surface area contributed by atoms with Crippen LogP contribution in [0.2, 0.25) is 0 Å². The van der Waals surface area contributed by atoms with Crippen LogP contribution in [0.3, 0.4) is 0 Å². The van der Waals surface area contributed by atoms with E-state index in [-0.39, 0.29) is 5.91 Å². The molecule has 1 aliphatic heterocycles. The smallest absolute Gasteiger partial charge is 0.256 e. The van der Waals surface area contributed by atoms with E-state index in [1.807, 2.05) is 18.3 Å². The molecule has 0 radical (unpaired) electrons. The average Bonchev–Trinajstić information content (AvgIpc) is 2.93. The van der Waals surface area contributed by atoms with Gasteiger partial charge in [0.15, 0.2) is 0 Å². The van der Waals surface area contributed by atoms with E-state index in [1.54, 1.807) is 23.2 Å². The second kappa shape index (κ2) is 4.74. The SMILES string of the molecule is NNc1ccccc1C(=O)N1CCn2ccnc2C1. The fourth-order valence-corrected chi connectivity index (χ4v) is 2.31. The van der Waals surface area contributed by atoms with Gasteiger partial charge in [-0.1, -0.05) is 12.1 Å². The number of hydrogen-bond acceptors (Lipinski definition) is 4. The molecule has 3 N–H and O–H groups in total. The van der Waals surface area contributed by atoms with E-state index in [9.17, 15) is 4.79 Å². The van der Waals surface area contributed by atoms with Crippen molar-refractivity contribution in [1.82, 2.24) is 14.5 Å². The maximum Gasteiger partial charge on any atom is 0.256 e. The van der Waals surface area contributed by atoms with Crippen molar-refractivity contribution in [2.24, 2.45) is 5.84 Å². The second-order valence-electron chi connectivity index (χ2n) is 4.45. The molecule has 0 saturated heterocycles. The molecule has 0 atom stereocenters. The summed E-state index contributed by atoms with van der Waals surface area (Å²) >= 11 is 0. The number of fused-ring (bicyclic) bond motifs is 1. The van der Waals surface area contributed by atoms with Gasteiger partial charge in [0, 0.05) is 25.5 Å². The zero-order valence-electron chi connectivity index (χ0n) is 10.4. The molecule has 0 saturated carbocycles. The monoisotopic (exact) mass is 257 g/mol. The molecule has 6 nitrogen and oxygen atoms in total. The Hall–Kier alpha value is -2.34. The van der Waals surface area contributed by atoms with Crippen molar-refractivity contribution in [1.29, 1.82) is 0 Å². The molecule has 19 heavy (non-hydrogen) atoms. The minimum absolute atomic E-state index is 0.0252. The molecule has 0 bridgehead atoms. The first-order valence-corrected chi connectivity index (χ1v) is 6.14. The number of carbonyl (C=O) groups is 1. The molecular formula is C13H15N5O. The molecule has 3 rings (SSSR count). The summed E-state index contributed by atoms with van der Waals surface area (Å²) in [4.78, 5) is 18.5. The lowest BCUT2D eigenvalue weighted by molar-refractivity contribution is 0.0708. The fourth-order valence-electron chi connectivity index (χ4n) is 2.31. The third kappa shape index (κ3) is 2.06. The van der Waals surface area contributed by atoms with Gasteiger partial charge in [-0.05, 0) is 12.1 Å². The highest BCUT2D eigenvalue weighted by atomic mass is 16.2. The van der Waals surface area contributed by atoms with Crippen molar-refractivity contribution in [2.45, 2.75) is 13.1 Å². The van der Waals surface area contributed by atoms with Gasteiger partial charge in [0.2, 0.25) is 0 Å². The molecule has 2 heterocycles. The number of nitrogens with zero attached hydrogens (tertiary/aromatic N) is 3. The first-order chi connectivity index (χ1) is 9.29. The summed E-state index contributed by atoms with van der Waals surface area (Å²) in [5, 5.41) is 0. The van der Waals surface area contributed by atoms with Crippen molar-refractivity contribution in [2.75, 3.05) is 12.0 Å². The van der Waals surface area contributed by atoms with Gasteiger partial charge in [-0.25, -0.2) is 4.98 Å². The Morgan fingerprint density at radius 3 is 3.00 bits per heavy atom. The Morgan fingerprint density at radius 1 is 1.32 bits per heavy atom. The Balaban J connectivity index is 1.85. The number of benzene rings is 1. The van der Waals surface area contributed by atoms with Crippen molar-refractivity contribution in [3.05, 3.63) is 48.0 Å². The zero-order chi connectivity index (χ0) is 13.2. The maximum atomic E-state index is 12.5. The number of carbonyl (C=O) groups excluding carboxylic acids is 1. The van der Waals surface area contributed by atoms with Crippen LogP contribution in [0.25, 0.3) is 0 Å². The van der Waals surface area contributed by atoms with Crippen molar-refractivity contribution in [3.63, 3.8) is 0 Å². The van der Waals surface area contributed by atoms with Gasteiger partial charge in [-0.3, -0.25) is 10.6 Å². The minimum atomic E-state index is -0.0252. The molecule has 1 amide bonds. The maximum absolute atomic E-state index is 12.5. The predicted molar refractivity (Wildman–Crippen MR) is 71.2 cm³/mol. The lowest BCUT2D eigenvalue weighted by Gasteiger charge is -2.28. The molecule has 1 aromatic heterocycles. The van der Waals surface area contributed by atoms with E-state index in [1.165, 1.54) is 0 Å². The quantitative estimate of drug-likeness (QED) is 0.617. The topological polar surface area (TPSA) is 76.2 Å². The summed E-state index contributed by atoms with van der Waals surface area (Å²) in [6.45, 7) is 1.99. The van der Waals surface area contributed by atoms with Crippen molar-refractivity contribution >= 4 is 11.6 Å². The van der Waals surface area contributed by atoms with Gasteiger partial charge >= 0.3 is 0 Å². The van der Waals surface area contributed by atoms with Gasteiger partial charge in [0.25, 0.3) is 5.91 Å². The van der Waals surface area contributed by atoms with E-state index in [0.717, 1.165) is 12.4 Å². The molecule has 6 heteroatoms. The number of para-hydroxylation sites is 1. The molecular weight excluding hydrogens is 242 g/mol. The number of amides is 1. The number of hydrazine groups is 1. The van der Waals surface area contributed by atoms with E-state index >= 15 is 0 Å². The Morgan fingerprint density at radius 2 is 2.16 bits per heavy atom. The van der Waals surface area contributed by atoms with Gasteiger partial charge in [-0.15, -0.1) is 0 Å². The van der Waals surface area contributed by atoms with Gasteiger partial charge in [0.1, 0.15) is 5.82 Å². The largest absolute Gasteiger partial charge is 0.332 e. The standard InChI is InChI=1S/C13H15N5O/c14-16-11-4-2-1-3-10(11)13(19)18-8-7-17-6-5-15-12(17)9-18/h1-6,16H,7-9,14H2. The van der Waals surface area contributed by atoms with Crippen LogP contribution in [0.15, 0.2) is 36.7 Å². The van der Waals surface area contributed by atoms with E-state index in [4.69, 9.17) is 5.84 Å². The van der Waals surface area contributed by atoms with Crippen LogP contribution in [0.1, 0.15) is 16.2 Å². The van der Waals surface area contributed by atoms with E-state index in [0.29, 0.717) is 24.3 Å². The summed E-state index contributed by atoms with van der Waals surface area (Å²) in [6.07, 6.45) is 3.70. The van der Waals surface area contributed by atoms with Crippen LogP contribution in [0.4, 0.5) is 5.69 Å². The summed E-state index contributed by atoms with van der Waals surface area (Å²) < 4.78 is 2.07. The Kier molecular flexibility index (Phi) is 2.92. The summed E-state index contributed by atoms with van der Waals surface area (Å²) in [5.74, 6) is 6.33. The number of rotatable bonds is 2. The molecule has 1 aliphatic rings. The summed E-state index contributed by atoms with van der Waals surface area (Å²) in [7, 11) is 0. The fraction of sp³-hybridized carbons (Fsp3) is 0.231. The lowest BCUT2D eigenvalue weighted by atomic mass is 10.1. The van der Waals surface area contributed by atoms with Gasteiger partial charge in [0.05, 0.1) is 17.8 Å². The zero-order valence-corrected chi connectivity index (χ0v) is 10.4. The van der Waals surface area contributed by atoms with Crippen LogP contribution >= 0.6 is 0 Å². The molecule has 98 valence electrons. The molecule has 0 aliphatic carbocycles. The molecule has 2 aromatic rings. The first kappa shape index (κ1) is 11.7. The highest BCUT2D eigenvalue weighted by molar-refractivity contribution is 5.99. The van der Waals surface area contributed by atoms with Gasteiger partial charge in [-0.2, -0.15) is 0 Å². The molecule has 0 fully saturated rings. The number of imidazole rings is 1. The van der Waals surface area contributed by atoms with Crippen LogP contribution in [-0.2, 0) is 13.1 Å². The highest BCUT2D eigenvalue weighted by Gasteiger charge is 2.23. The third-order valence-electron chi connectivity index (χ3n) is 3.34. The molecule has 1 aromatic carbocycles. The van der Waals surface area contributed by atoms with E-state index < -0.39 is 0 Å². The van der Waals surface area contributed by atoms with Gasteiger partial charge < -0.3 is 14.9 Å². The number of anilines is 1. The second-order valence-corrected chi connectivity index (χ2v) is 4.45. The van der Waals surface area contributed by atoms with E-state index in [2.05, 4.69) is 15.0 Å².